The predicted octanol–water partition coefficient (Wildman–Crippen LogP) is 29.9. The zero-order valence-corrected chi connectivity index (χ0v) is 87.2. The van der Waals surface area contributed by atoms with Gasteiger partial charge < -0.3 is 29.4 Å². The van der Waals surface area contributed by atoms with Crippen LogP contribution in [0.3, 0.4) is 0 Å². The molecule has 0 fully saturated rings. The van der Waals surface area contributed by atoms with E-state index in [-0.39, 0.29) is 18.5 Å². The first-order chi connectivity index (χ1) is 72.3. The first-order valence-electron chi connectivity index (χ1n) is 51.9. The Kier molecular flexibility index (Phi) is 25.6. The smallest absolute Gasteiger partial charge is 0.282 e. The standard InChI is InChI=1S/C51H47N4.C45H41N4.C40H39N4/c1-35-21-13-14-28-42(35)51(40-24-9-7-10-25-40,50-52(6)45-30-15-16-31-46(45)55(50)49-36(2)22-19-23-37(49)3)43-29-20-34-44(38(43)4)54-39(5)53(41-26-11-8-12-27-41)47-32-17-18-33-48(47)54;1-33-19-14-15-26-39(33)45(36-20-8-5-9-21-36,44-46(4)42-28-16-17-29-43(42)49(44)38-24-12-7-13-25-38)40-27-18-30-41(34(40)2)48-32-31-47(35(48)3)37-22-10-6-11-23-37;1-29-17-12-13-22-34(29)40(4,39-41(5)37-24-14-15-25-38(37)44(39)33-20-10-7-11-21-33)35-23-16-26-36(30(35)2)43-28-27-42(31(43)3)32-18-8-6-9-19-32/h7-34,39H,1-6H3;5-32,35H,1-4H3;6-28,31H,1-5H3/q3*+1/t39-,51?;35-,45?;31-,40?/m111/s1. The fraction of sp³-hybridized carbons (Fsp3) is 0.154. The molecule has 148 heavy (non-hydrogen) atoms. The number of nitrogens with zero attached hydrogens (tertiary/aromatic N) is 12. The average molecular weight is 1930 g/mol. The maximum absolute atomic E-state index is 2.57. The molecule has 0 spiro atoms. The van der Waals surface area contributed by atoms with Crippen LogP contribution in [-0.4, -0.2) is 32.2 Å². The molecule has 6 atom stereocenters. The van der Waals surface area contributed by atoms with Gasteiger partial charge in [0.15, 0.2) is 33.1 Å². The normalized spacial score (nSPS) is 15.5. The highest BCUT2D eigenvalue weighted by Crippen LogP contribution is 2.56. The summed E-state index contributed by atoms with van der Waals surface area (Å²) in [5.74, 6) is 3.58. The molecule has 0 aliphatic carbocycles. The van der Waals surface area contributed by atoms with Crippen molar-refractivity contribution in [2.45, 2.75) is 118 Å². The Balaban J connectivity index is 0.000000127. The first kappa shape index (κ1) is 95.5. The van der Waals surface area contributed by atoms with Gasteiger partial charge in [0.1, 0.15) is 51.8 Å². The van der Waals surface area contributed by atoms with Crippen LogP contribution in [0.1, 0.15) is 134 Å². The van der Waals surface area contributed by atoms with Crippen LogP contribution in [0.5, 0.6) is 0 Å². The molecule has 21 aromatic rings. The second kappa shape index (κ2) is 39.6. The van der Waals surface area contributed by atoms with Gasteiger partial charge >= 0.3 is 0 Å². The lowest BCUT2D eigenvalue weighted by Crippen LogP contribution is -2.47. The number of aryl methyl sites for hydroxylation is 8. The third-order valence-electron chi connectivity index (χ3n) is 31.8. The summed E-state index contributed by atoms with van der Waals surface area (Å²) in [5, 5.41) is 0. The number of rotatable bonds is 20. The van der Waals surface area contributed by atoms with E-state index in [1.54, 1.807) is 0 Å². The molecule has 728 valence electrons. The maximum atomic E-state index is 2.57. The number of hydrogen-bond acceptors (Lipinski definition) is 6. The summed E-state index contributed by atoms with van der Waals surface area (Å²) in [6, 6.07) is 165. The van der Waals surface area contributed by atoms with Gasteiger partial charge in [0, 0.05) is 58.9 Å². The van der Waals surface area contributed by atoms with E-state index in [4.69, 9.17) is 0 Å². The van der Waals surface area contributed by atoms with Gasteiger partial charge in [-0.15, -0.1) is 0 Å². The van der Waals surface area contributed by atoms with E-state index in [2.05, 4.69) is 641 Å². The van der Waals surface area contributed by atoms with E-state index >= 15 is 0 Å². The van der Waals surface area contributed by atoms with E-state index in [9.17, 15) is 0 Å². The number of anilines is 8. The van der Waals surface area contributed by atoms with Gasteiger partial charge in [-0.1, -0.05) is 328 Å². The van der Waals surface area contributed by atoms with Crippen molar-refractivity contribution in [2.75, 3.05) is 29.4 Å². The van der Waals surface area contributed by atoms with Crippen LogP contribution in [0, 0.1) is 55.4 Å². The lowest BCUT2D eigenvalue weighted by atomic mass is 9.65. The van der Waals surface area contributed by atoms with Crippen LogP contribution in [0.15, 0.2) is 480 Å². The Labute approximate surface area is 871 Å². The minimum Gasteiger partial charge on any atom is -0.326 e. The number of fused-ring (bicyclic) bond motifs is 4. The SMILES string of the molecule is Cc1ccccc1C(C)(c1cccc(N2C=CN(c3ccccc3)[C@H]2C)c1C)c1n(-c2ccccc2)c2ccccc2[n+]1C.Cc1ccccc1C(c1ccccc1)(c1cccc(N2C=CN(c3ccccc3)[C@H]2C)c1C)c1n(-c2ccccc2)c2ccccc2[n+]1C.Cc1ccccc1C(c1ccccc1)(c1cccc(N2c3ccccc3N(c3ccccc3)[C@H]2C)c1C)c1n(-c2c(C)cccc2C)c2ccccc2[n+]1C. The topological polar surface area (TPSA) is 45.9 Å². The molecule has 18 aromatic carbocycles. The molecule has 0 N–H and O–H groups in total. The molecule has 12 heteroatoms. The molecule has 0 amide bonds. The molecule has 6 heterocycles. The fourth-order valence-electron chi connectivity index (χ4n) is 25.1. The highest BCUT2D eigenvalue weighted by atomic mass is 15.4. The quantitative estimate of drug-likeness (QED) is 0.0560. The van der Waals surface area contributed by atoms with Crippen molar-refractivity contribution in [2.24, 2.45) is 21.1 Å². The van der Waals surface area contributed by atoms with Crippen LogP contribution in [-0.2, 0) is 37.4 Å². The molecule has 3 aliphatic rings. The molecule has 12 nitrogen and oxygen atoms in total. The van der Waals surface area contributed by atoms with E-state index < -0.39 is 16.2 Å². The molecular weight excluding hydrogens is 1800 g/mol. The Morgan fingerprint density at radius 2 is 0.486 bits per heavy atom. The third kappa shape index (κ3) is 15.9. The number of para-hydroxylation sites is 14. The minimum atomic E-state index is -0.739. The molecule has 3 unspecified atom stereocenters. The number of imidazole rings is 3. The van der Waals surface area contributed by atoms with Crippen molar-refractivity contribution in [3.8, 4) is 17.1 Å². The van der Waals surface area contributed by atoms with Gasteiger partial charge in [-0.25, -0.2) is 13.7 Å². The summed E-state index contributed by atoms with van der Waals surface area (Å²) in [6.45, 7) is 27.5. The Morgan fingerprint density at radius 1 is 0.209 bits per heavy atom. The minimum absolute atomic E-state index is 0.0375. The zero-order chi connectivity index (χ0) is 102. The van der Waals surface area contributed by atoms with Crippen molar-refractivity contribution >= 4 is 78.6 Å². The van der Waals surface area contributed by atoms with E-state index in [0.717, 1.165) is 11.4 Å². The second-order valence-electron chi connectivity index (χ2n) is 40.0. The fourth-order valence-corrected chi connectivity index (χ4v) is 25.1. The van der Waals surface area contributed by atoms with Gasteiger partial charge in [-0.2, -0.15) is 13.7 Å². The predicted molar refractivity (Wildman–Crippen MR) is 613 cm³/mol. The Bertz CT molecular complexity index is 8520. The summed E-state index contributed by atoms with van der Waals surface area (Å²) in [5.41, 5.74) is 38.3. The average Bonchev–Trinajstić information content (AvgIpc) is 1.47. The molecule has 3 aliphatic heterocycles. The number of hydrogen-bond donors (Lipinski definition) is 0. The van der Waals surface area contributed by atoms with Crippen molar-refractivity contribution in [3.05, 3.63) is 586 Å². The summed E-state index contributed by atoms with van der Waals surface area (Å²) in [4.78, 5) is 14.5. The first-order valence-corrected chi connectivity index (χ1v) is 51.9. The van der Waals surface area contributed by atoms with Crippen molar-refractivity contribution in [3.63, 3.8) is 0 Å². The largest absolute Gasteiger partial charge is 0.326 e. The molecule has 24 rings (SSSR count). The van der Waals surface area contributed by atoms with Crippen LogP contribution in [0.4, 0.5) is 45.5 Å². The van der Waals surface area contributed by atoms with Crippen molar-refractivity contribution < 1.29 is 13.7 Å². The van der Waals surface area contributed by atoms with E-state index in [0.29, 0.717) is 0 Å². The highest BCUT2D eigenvalue weighted by Gasteiger charge is 2.55. The molecule has 0 saturated carbocycles. The monoisotopic (exact) mass is 1930 g/mol. The Hall–Kier alpha value is -17.4. The van der Waals surface area contributed by atoms with Crippen molar-refractivity contribution in [1.82, 2.24) is 13.7 Å². The molecular formula is C136H127N12+3. The summed E-state index contributed by atoms with van der Waals surface area (Å²) >= 11 is 0. The van der Waals surface area contributed by atoms with Gasteiger partial charge in [0.2, 0.25) is 0 Å². The molecule has 3 aromatic heterocycles. The molecule has 0 bridgehead atoms. The lowest BCUT2D eigenvalue weighted by Gasteiger charge is -2.37. The zero-order valence-electron chi connectivity index (χ0n) is 87.2. The molecule has 0 saturated heterocycles. The van der Waals surface area contributed by atoms with Gasteiger partial charge in [-0.3, -0.25) is 0 Å². The van der Waals surface area contributed by atoms with Crippen LogP contribution in [0.2, 0.25) is 0 Å². The maximum Gasteiger partial charge on any atom is 0.282 e. The van der Waals surface area contributed by atoms with E-state index in [1.165, 1.54) is 191 Å². The van der Waals surface area contributed by atoms with Crippen LogP contribution >= 0.6 is 0 Å². The lowest BCUT2D eigenvalue weighted by molar-refractivity contribution is -0.656. The number of benzene rings is 18. The summed E-state index contributed by atoms with van der Waals surface area (Å²) < 4.78 is 14.8. The van der Waals surface area contributed by atoms with Crippen molar-refractivity contribution in [1.29, 1.82) is 0 Å². The van der Waals surface area contributed by atoms with Crippen LogP contribution < -0.4 is 43.1 Å². The summed E-state index contributed by atoms with van der Waals surface area (Å²) in [6.07, 6.45) is 9.12. The van der Waals surface area contributed by atoms with Crippen LogP contribution in [0.25, 0.3) is 50.2 Å². The Morgan fingerprint density at radius 3 is 0.912 bits per heavy atom. The third-order valence-corrected chi connectivity index (χ3v) is 31.8. The number of aromatic nitrogens is 6. The van der Waals surface area contributed by atoms with Gasteiger partial charge in [-0.05, 0) is 299 Å². The molecule has 0 radical (unpaired) electrons. The van der Waals surface area contributed by atoms with E-state index in [1.807, 2.05) is 0 Å². The van der Waals surface area contributed by atoms with Gasteiger partial charge in [0.05, 0.1) is 32.5 Å². The highest BCUT2D eigenvalue weighted by molar-refractivity contribution is 5.90. The van der Waals surface area contributed by atoms with Gasteiger partial charge in [0.25, 0.3) is 17.5 Å². The second-order valence-corrected chi connectivity index (χ2v) is 40.0. The summed E-state index contributed by atoms with van der Waals surface area (Å²) in [7, 11) is 6.71.